The maximum absolute atomic E-state index is 11.9. The number of carbonyl (C=O) groups excluding carboxylic acids is 1. The van der Waals surface area contributed by atoms with Crippen LogP contribution in [0.5, 0.6) is 5.75 Å². The highest BCUT2D eigenvalue weighted by Crippen LogP contribution is 2.28. The molecule has 0 atom stereocenters. The van der Waals surface area contributed by atoms with Gasteiger partial charge in [0.05, 0.1) is 17.6 Å². The number of hydrogen-bond acceptors (Lipinski definition) is 3. The monoisotopic (exact) mass is 391 g/mol. The number of carbonyl (C=O) groups is 1. The standard InChI is InChI=1S/C24H29N3O2/c1-17-8-11-20(16-18(17)2)29-15-5-14-27-22-7-4-3-6-21(22)26-23(27)12-13-25-24(28)19-9-10-19/h3-4,6-8,11,16,19H,5,9-10,12-15H2,1-2H3,(H,25,28). The fourth-order valence-corrected chi connectivity index (χ4v) is 3.57. The summed E-state index contributed by atoms with van der Waals surface area (Å²) in [5.41, 5.74) is 4.67. The maximum atomic E-state index is 11.9. The molecule has 1 fully saturated rings. The predicted octanol–water partition coefficient (Wildman–Crippen LogP) is 4.19. The molecule has 0 bridgehead atoms. The first-order valence-electron chi connectivity index (χ1n) is 10.5. The zero-order chi connectivity index (χ0) is 20.2. The Balaban J connectivity index is 1.37. The second kappa shape index (κ2) is 8.68. The van der Waals surface area contributed by atoms with Crippen molar-refractivity contribution >= 4 is 16.9 Å². The SMILES string of the molecule is Cc1ccc(OCCCn2c(CCNC(=O)C3CC3)nc3ccccc32)cc1C. The molecule has 1 N–H and O–H groups in total. The molecule has 0 aliphatic heterocycles. The van der Waals surface area contributed by atoms with Gasteiger partial charge in [-0.3, -0.25) is 4.79 Å². The van der Waals surface area contributed by atoms with Gasteiger partial charge in [0.15, 0.2) is 0 Å². The zero-order valence-electron chi connectivity index (χ0n) is 17.3. The molecular formula is C24H29N3O2. The predicted molar refractivity (Wildman–Crippen MR) is 115 cm³/mol. The van der Waals surface area contributed by atoms with Crippen molar-refractivity contribution in [2.24, 2.45) is 5.92 Å². The van der Waals surface area contributed by atoms with Crippen molar-refractivity contribution < 1.29 is 9.53 Å². The third kappa shape index (κ3) is 4.78. The third-order valence-electron chi connectivity index (χ3n) is 5.60. The van der Waals surface area contributed by atoms with Gasteiger partial charge < -0.3 is 14.6 Å². The van der Waals surface area contributed by atoms with E-state index >= 15 is 0 Å². The van der Waals surface area contributed by atoms with Gasteiger partial charge in [0, 0.05) is 25.4 Å². The summed E-state index contributed by atoms with van der Waals surface area (Å²) in [5, 5.41) is 3.05. The Kier molecular flexibility index (Phi) is 5.84. The summed E-state index contributed by atoms with van der Waals surface area (Å²) in [5.74, 6) is 2.38. The Morgan fingerprint density at radius 2 is 2.00 bits per heavy atom. The van der Waals surface area contributed by atoms with Gasteiger partial charge in [-0.25, -0.2) is 4.98 Å². The topological polar surface area (TPSA) is 56.1 Å². The molecule has 1 aromatic heterocycles. The molecule has 1 aliphatic carbocycles. The summed E-state index contributed by atoms with van der Waals surface area (Å²) in [6.45, 7) is 6.36. The summed E-state index contributed by atoms with van der Waals surface area (Å²) in [7, 11) is 0. The van der Waals surface area contributed by atoms with Crippen LogP contribution in [-0.2, 0) is 17.8 Å². The minimum absolute atomic E-state index is 0.189. The molecule has 5 heteroatoms. The highest BCUT2D eigenvalue weighted by Gasteiger charge is 2.29. The van der Waals surface area contributed by atoms with Gasteiger partial charge in [0.2, 0.25) is 5.91 Å². The van der Waals surface area contributed by atoms with Gasteiger partial charge in [-0.2, -0.15) is 0 Å². The molecule has 0 unspecified atom stereocenters. The molecular weight excluding hydrogens is 362 g/mol. The van der Waals surface area contributed by atoms with Crippen molar-refractivity contribution in [3.05, 3.63) is 59.4 Å². The number of hydrogen-bond donors (Lipinski definition) is 1. The van der Waals surface area contributed by atoms with E-state index < -0.39 is 0 Å². The number of imidazole rings is 1. The minimum atomic E-state index is 0.189. The van der Waals surface area contributed by atoms with E-state index in [1.54, 1.807) is 0 Å². The fraction of sp³-hybridized carbons (Fsp3) is 0.417. The Labute approximate surface area is 172 Å². The zero-order valence-corrected chi connectivity index (χ0v) is 17.3. The lowest BCUT2D eigenvalue weighted by atomic mass is 10.1. The van der Waals surface area contributed by atoms with E-state index in [0.717, 1.165) is 54.8 Å². The van der Waals surface area contributed by atoms with Crippen LogP contribution < -0.4 is 10.1 Å². The van der Waals surface area contributed by atoms with E-state index in [-0.39, 0.29) is 11.8 Å². The number of aryl methyl sites for hydroxylation is 3. The van der Waals surface area contributed by atoms with Gasteiger partial charge in [-0.15, -0.1) is 0 Å². The second-order valence-electron chi connectivity index (χ2n) is 7.93. The number of benzene rings is 2. The number of fused-ring (bicyclic) bond motifs is 1. The van der Waals surface area contributed by atoms with Gasteiger partial charge in [0.25, 0.3) is 0 Å². The Hall–Kier alpha value is -2.82. The number of para-hydroxylation sites is 2. The highest BCUT2D eigenvalue weighted by atomic mass is 16.5. The number of nitrogens with one attached hydrogen (secondary N) is 1. The smallest absolute Gasteiger partial charge is 0.223 e. The quantitative estimate of drug-likeness (QED) is 0.557. The lowest BCUT2D eigenvalue weighted by Gasteiger charge is -2.11. The molecule has 4 rings (SSSR count). The minimum Gasteiger partial charge on any atom is -0.494 e. The van der Waals surface area contributed by atoms with Crippen LogP contribution in [0.3, 0.4) is 0 Å². The van der Waals surface area contributed by atoms with Gasteiger partial charge in [0.1, 0.15) is 11.6 Å². The van der Waals surface area contributed by atoms with Crippen LogP contribution in [0.15, 0.2) is 42.5 Å². The molecule has 2 aromatic carbocycles. The van der Waals surface area contributed by atoms with Crippen molar-refractivity contribution in [2.75, 3.05) is 13.2 Å². The molecule has 1 amide bonds. The number of amides is 1. The average Bonchev–Trinajstić information content (AvgIpc) is 3.51. The molecule has 29 heavy (non-hydrogen) atoms. The maximum Gasteiger partial charge on any atom is 0.223 e. The number of rotatable bonds is 9. The Morgan fingerprint density at radius 3 is 2.79 bits per heavy atom. The van der Waals surface area contributed by atoms with Crippen LogP contribution >= 0.6 is 0 Å². The first kappa shape index (κ1) is 19.5. The molecule has 152 valence electrons. The van der Waals surface area contributed by atoms with Crippen molar-refractivity contribution in [1.82, 2.24) is 14.9 Å². The number of aromatic nitrogens is 2. The van der Waals surface area contributed by atoms with Crippen molar-refractivity contribution in [1.29, 1.82) is 0 Å². The van der Waals surface area contributed by atoms with Crippen molar-refractivity contribution in [2.45, 2.75) is 46.1 Å². The summed E-state index contributed by atoms with van der Waals surface area (Å²) in [6.07, 6.45) is 3.70. The lowest BCUT2D eigenvalue weighted by molar-refractivity contribution is -0.122. The van der Waals surface area contributed by atoms with Crippen LogP contribution in [0.1, 0.15) is 36.2 Å². The van der Waals surface area contributed by atoms with E-state index in [0.29, 0.717) is 13.2 Å². The normalized spacial score (nSPS) is 13.6. The summed E-state index contributed by atoms with van der Waals surface area (Å²) in [6, 6.07) is 14.4. The van der Waals surface area contributed by atoms with Crippen LogP contribution in [0.4, 0.5) is 0 Å². The first-order chi connectivity index (χ1) is 14.1. The molecule has 0 spiro atoms. The Bertz CT molecular complexity index is 1000. The van der Waals surface area contributed by atoms with E-state index in [9.17, 15) is 4.79 Å². The fourth-order valence-electron chi connectivity index (χ4n) is 3.57. The number of nitrogens with zero attached hydrogens (tertiary/aromatic N) is 2. The van der Waals surface area contributed by atoms with Crippen LogP contribution in [-0.4, -0.2) is 28.6 Å². The van der Waals surface area contributed by atoms with Crippen LogP contribution in [0.2, 0.25) is 0 Å². The van der Waals surface area contributed by atoms with E-state index in [4.69, 9.17) is 9.72 Å². The van der Waals surface area contributed by atoms with Crippen LogP contribution in [0.25, 0.3) is 11.0 Å². The molecule has 0 saturated heterocycles. The average molecular weight is 392 g/mol. The molecule has 3 aromatic rings. The van der Waals surface area contributed by atoms with Crippen molar-refractivity contribution in [3.8, 4) is 5.75 Å². The van der Waals surface area contributed by atoms with Crippen LogP contribution in [0, 0.1) is 19.8 Å². The Morgan fingerprint density at radius 1 is 1.17 bits per heavy atom. The van der Waals surface area contributed by atoms with Crippen molar-refractivity contribution in [3.63, 3.8) is 0 Å². The van der Waals surface area contributed by atoms with E-state index in [1.807, 2.05) is 24.3 Å². The summed E-state index contributed by atoms with van der Waals surface area (Å²) < 4.78 is 8.21. The second-order valence-corrected chi connectivity index (χ2v) is 7.93. The van der Waals surface area contributed by atoms with Gasteiger partial charge >= 0.3 is 0 Å². The summed E-state index contributed by atoms with van der Waals surface area (Å²) in [4.78, 5) is 16.7. The highest BCUT2D eigenvalue weighted by molar-refractivity contribution is 5.80. The first-order valence-corrected chi connectivity index (χ1v) is 10.5. The summed E-state index contributed by atoms with van der Waals surface area (Å²) >= 11 is 0. The molecule has 1 saturated carbocycles. The molecule has 1 aliphatic rings. The van der Waals surface area contributed by atoms with Gasteiger partial charge in [-0.05, 0) is 68.5 Å². The molecule has 1 heterocycles. The molecule has 0 radical (unpaired) electrons. The number of ether oxygens (including phenoxy) is 1. The molecule has 5 nitrogen and oxygen atoms in total. The van der Waals surface area contributed by atoms with E-state index in [2.05, 4.69) is 41.9 Å². The van der Waals surface area contributed by atoms with Gasteiger partial charge in [-0.1, -0.05) is 18.2 Å². The lowest BCUT2D eigenvalue weighted by Crippen LogP contribution is -2.27. The van der Waals surface area contributed by atoms with E-state index in [1.165, 1.54) is 11.1 Å². The third-order valence-corrected chi connectivity index (χ3v) is 5.60. The largest absolute Gasteiger partial charge is 0.494 e.